The molecule has 9 N–H and O–H groups in total. The Hall–Kier alpha value is -2.89. The standard InChI is InChI=1S/C13H24N8O4/c1-21(8-6-18-13(19-10(8)23)20-12(16)25)9(22)5-7(14)3-2-4-17-11(15)24/h7-8H,2-6,14H2,1H3,(H3,15,17,24)(H4,16,18,19,20,23,25)/t7-,8?/m0/s1. The van der Waals surface area contributed by atoms with E-state index in [0.717, 1.165) is 0 Å². The minimum absolute atomic E-state index is 0.00144. The number of nitrogens with two attached hydrogens (primary N) is 3. The Morgan fingerprint density at radius 2 is 2.04 bits per heavy atom. The number of rotatable bonds is 7. The van der Waals surface area contributed by atoms with Crippen molar-refractivity contribution >= 4 is 29.8 Å². The van der Waals surface area contributed by atoms with Gasteiger partial charge in [-0.3, -0.25) is 20.2 Å². The zero-order chi connectivity index (χ0) is 19.0. The van der Waals surface area contributed by atoms with Crippen molar-refractivity contribution in [2.75, 3.05) is 20.1 Å². The number of hydrogen-bond acceptors (Lipinski definition) is 6. The van der Waals surface area contributed by atoms with Crippen LogP contribution >= 0.6 is 0 Å². The Balaban J connectivity index is 2.45. The van der Waals surface area contributed by atoms with Crippen molar-refractivity contribution in [1.82, 2.24) is 20.9 Å². The number of carbonyl (C=O) groups is 4. The fourth-order valence-corrected chi connectivity index (χ4v) is 2.21. The summed E-state index contributed by atoms with van der Waals surface area (Å²) in [5.41, 5.74) is 15.8. The molecule has 0 spiro atoms. The van der Waals surface area contributed by atoms with E-state index in [1.54, 1.807) is 0 Å². The number of primary amides is 2. The van der Waals surface area contributed by atoms with Crippen LogP contribution in [0.15, 0.2) is 4.99 Å². The fourth-order valence-electron chi connectivity index (χ4n) is 2.21. The lowest BCUT2D eigenvalue weighted by Gasteiger charge is -2.30. The first-order valence-corrected chi connectivity index (χ1v) is 7.67. The highest BCUT2D eigenvalue weighted by atomic mass is 16.2. The maximum Gasteiger partial charge on any atom is 0.318 e. The molecule has 1 rings (SSSR count). The van der Waals surface area contributed by atoms with Crippen LogP contribution < -0.4 is 33.2 Å². The fraction of sp³-hybridized carbons (Fsp3) is 0.615. The van der Waals surface area contributed by atoms with E-state index in [1.165, 1.54) is 11.9 Å². The van der Waals surface area contributed by atoms with E-state index in [2.05, 4.69) is 20.9 Å². The van der Waals surface area contributed by atoms with Crippen LogP contribution in [0.25, 0.3) is 0 Å². The van der Waals surface area contributed by atoms with Gasteiger partial charge >= 0.3 is 12.1 Å². The third-order valence-corrected chi connectivity index (χ3v) is 3.56. The molecule has 6 amide bonds. The van der Waals surface area contributed by atoms with E-state index in [-0.39, 0.29) is 24.8 Å². The lowest BCUT2D eigenvalue weighted by Crippen LogP contribution is -2.58. The summed E-state index contributed by atoms with van der Waals surface area (Å²) < 4.78 is 0. The normalized spacial score (nSPS) is 17.8. The third-order valence-electron chi connectivity index (χ3n) is 3.56. The second-order valence-corrected chi connectivity index (χ2v) is 5.59. The third kappa shape index (κ3) is 7.03. The van der Waals surface area contributed by atoms with Crippen LogP contribution in [0.2, 0.25) is 0 Å². The molecule has 0 aromatic heterocycles. The average Bonchev–Trinajstić information content (AvgIpc) is 2.50. The number of guanidine groups is 1. The Labute approximate surface area is 144 Å². The molecule has 2 atom stereocenters. The summed E-state index contributed by atoms with van der Waals surface area (Å²) in [5, 5.41) is 6.96. The van der Waals surface area contributed by atoms with E-state index in [1.807, 2.05) is 0 Å². The lowest BCUT2D eigenvalue weighted by atomic mass is 10.1. The molecule has 1 aliphatic rings. The monoisotopic (exact) mass is 356 g/mol. The highest BCUT2D eigenvalue weighted by Crippen LogP contribution is 2.07. The van der Waals surface area contributed by atoms with Crippen LogP contribution in [0.4, 0.5) is 9.59 Å². The van der Waals surface area contributed by atoms with E-state index >= 15 is 0 Å². The van der Waals surface area contributed by atoms with Crippen LogP contribution in [0, 0.1) is 0 Å². The predicted molar refractivity (Wildman–Crippen MR) is 89.1 cm³/mol. The smallest absolute Gasteiger partial charge is 0.318 e. The number of urea groups is 2. The lowest BCUT2D eigenvalue weighted by molar-refractivity contribution is -0.138. The second-order valence-electron chi connectivity index (χ2n) is 5.59. The molecular weight excluding hydrogens is 332 g/mol. The molecule has 0 saturated heterocycles. The molecule has 140 valence electrons. The van der Waals surface area contributed by atoms with Gasteiger partial charge in [0.05, 0.1) is 6.54 Å². The molecule has 0 bridgehead atoms. The molecule has 12 nitrogen and oxygen atoms in total. The first kappa shape index (κ1) is 20.2. The summed E-state index contributed by atoms with van der Waals surface area (Å²) in [6.45, 7) is 0.379. The summed E-state index contributed by atoms with van der Waals surface area (Å²) in [6, 6.07) is -2.67. The van der Waals surface area contributed by atoms with Gasteiger partial charge < -0.3 is 27.4 Å². The van der Waals surface area contributed by atoms with Gasteiger partial charge in [0.1, 0.15) is 6.04 Å². The predicted octanol–water partition coefficient (Wildman–Crippen LogP) is -2.87. The van der Waals surface area contributed by atoms with Gasteiger partial charge in [-0.15, -0.1) is 0 Å². The van der Waals surface area contributed by atoms with Gasteiger partial charge in [-0.2, -0.15) is 0 Å². The summed E-state index contributed by atoms with van der Waals surface area (Å²) in [7, 11) is 1.48. The largest absolute Gasteiger partial charge is 0.352 e. The Bertz CT molecular complexity index is 564. The zero-order valence-corrected chi connectivity index (χ0v) is 13.9. The van der Waals surface area contributed by atoms with Gasteiger partial charge in [-0.1, -0.05) is 0 Å². The van der Waals surface area contributed by atoms with E-state index in [4.69, 9.17) is 17.2 Å². The summed E-state index contributed by atoms with van der Waals surface area (Å²) >= 11 is 0. The summed E-state index contributed by atoms with van der Waals surface area (Å²) in [6.07, 6.45) is 1.14. The Morgan fingerprint density at radius 1 is 1.36 bits per heavy atom. The van der Waals surface area contributed by atoms with Gasteiger partial charge in [0, 0.05) is 26.1 Å². The van der Waals surface area contributed by atoms with Crippen LogP contribution in [0.5, 0.6) is 0 Å². The molecule has 25 heavy (non-hydrogen) atoms. The maximum atomic E-state index is 12.2. The minimum atomic E-state index is -0.848. The van der Waals surface area contributed by atoms with Crippen LogP contribution in [-0.2, 0) is 9.59 Å². The molecule has 1 heterocycles. The molecule has 1 aliphatic heterocycles. The second kappa shape index (κ2) is 9.42. The van der Waals surface area contributed by atoms with E-state index < -0.39 is 30.1 Å². The molecular formula is C13H24N8O4. The van der Waals surface area contributed by atoms with Gasteiger partial charge in [0.15, 0.2) is 0 Å². The highest BCUT2D eigenvalue weighted by Gasteiger charge is 2.31. The van der Waals surface area contributed by atoms with E-state index in [0.29, 0.717) is 19.4 Å². The number of aliphatic imine (C=N–C) groups is 1. The zero-order valence-electron chi connectivity index (χ0n) is 13.9. The van der Waals surface area contributed by atoms with Gasteiger partial charge in [0.2, 0.25) is 11.9 Å². The number of nitrogens with zero attached hydrogens (tertiary/aromatic N) is 2. The van der Waals surface area contributed by atoms with Crippen molar-refractivity contribution in [3.05, 3.63) is 0 Å². The van der Waals surface area contributed by atoms with Gasteiger partial charge in [-0.25, -0.2) is 14.6 Å². The molecule has 0 aliphatic carbocycles. The first-order valence-electron chi connectivity index (χ1n) is 7.67. The van der Waals surface area contributed by atoms with Crippen molar-refractivity contribution < 1.29 is 19.2 Å². The average molecular weight is 356 g/mol. The van der Waals surface area contributed by atoms with Gasteiger partial charge in [0.25, 0.3) is 5.91 Å². The topological polar surface area (TPSA) is 198 Å². The summed E-state index contributed by atoms with van der Waals surface area (Å²) in [5.74, 6) is -0.834. The number of likely N-dealkylation sites (N-methyl/N-ethyl adjacent to an activating group) is 1. The number of carbonyl (C=O) groups excluding carboxylic acids is 4. The van der Waals surface area contributed by atoms with Crippen molar-refractivity contribution in [2.45, 2.75) is 31.3 Å². The first-order chi connectivity index (χ1) is 11.7. The quantitative estimate of drug-likeness (QED) is 0.266. The van der Waals surface area contributed by atoms with Crippen LogP contribution in [0.3, 0.4) is 0 Å². The molecule has 0 aromatic carbocycles. The minimum Gasteiger partial charge on any atom is -0.352 e. The highest BCUT2D eigenvalue weighted by molar-refractivity contribution is 6.07. The Morgan fingerprint density at radius 3 is 2.60 bits per heavy atom. The van der Waals surface area contributed by atoms with Crippen molar-refractivity contribution in [3.63, 3.8) is 0 Å². The van der Waals surface area contributed by atoms with Gasteiger partial charge in [-0.05, 0) is 12.8 Å². The molecule has 0 radical (unpaired) electrons. The van der Waals surface area contributed by atoms with Crippen LogP contribution in [-0.4, -0.2) is 67.0 Å². The molecule has 0 saturated carbocycles. The SMILES string of the molecule is CN(C(=O)C[C@@H](N)CCCNC(N)=O)C1CN=C(NC(N)=O)NC1=O. The molecule has 0 aromatic rings. The molecule has 12 heteroatoms. The number of amides is 6. The maximum absolute atomic E-state index is 12.2. The number of hydrogen-bond donors (Lipinski definition) is 6. The van der Waals surface area contributed by atoms with Crippen molar-refractivity contribution in [3.8, 4) is 0 Å². The van der Waals surface area contributed by atoms with Crippen LogP contribution in [0.1, 0.15) is 19.3 Å². The summed E-state index contributed by atoms with van der Waals surface area (Å²) in [4.78, 5) is 50.8. The Kier molecular flexibility index (Phi) is 7.59. The molecule has 1 unspecified atom stereocenters. The number of nitrogens with one attached hydrogen (secondary N) is 3. The van der Waals surface area contributed by atoms with Crippen molar-refractivity contribution in [2.24, 2.45) is 22.2 Å². The van der Waals surface area contributed by atoms with Crippen molar-refractivity contribution in [1.29, 1.82) is 0 Å². The van der Waals surface area contributed by atoms with E-state index in [9.17, 15) is 19.2 Å². The molecule has 0 fully saturated rings.